The average Bonchev–Trinajstić information content (AvgIpc) is 3.07. The van der Waals surface area contributed by atoms with Crippen LogP contribution in [-0.4, -0.2) is 47.3 Å². The van der Waals surface area contributed by atoms with Crippen LogP contribution in [0.4, 0.5) is 16.5 Å². The maximum atomic E-state index is 12.5. The van der Waals surface area contributed by atoms with Crippen LogP contribution in [0.15, 0.2) is 18.2 Å². The number of nitro groups is 1. The first-order chi connectivity index (χ1) is 12.9. The molecule has 0 saturated carbocycles. The Hall–Kier alpha value is -2.59. The van der Waals surface area contributed by atoms with Crippen molar-refractivity contribution in [1.82, 2.24) is 10.2 Å². The summed E-state index contributed by atoms with van der Waals surface area (Å²) in [6.07, 6.45) is 0.785. The van der Waals surface area contributed by atoms with Crippen LogP contribution >= 0.6 is 11.3 Å². The second-order valence-corrected chi connectivity index (χ2v) is 7.68. The Morgan fingerprint density at radius 2 is 2.11 bits per heavy atom. The first-order valence-corrected chi connectivity index (χ1v) is 9.50. The van der Waals surface area contributed by atoms with Gasteiger partial charge >= 0.3 is 0 Å². The van der Waals surface area contributed by atoms with Crippen LogP contribution in [0.2, 0.25) is 0 Å². The molecule has 2 aromatic rings. The monoisotopic (exact) mass is 391 g/mol. The van der Waals surface area contributed by atoms with Crippen molar-refractivity contribution in [1.29, 1.82) is 0 Å². The molecule has 0 atom stereocenters. The van der Waals surface area contributed by atoms with Crippen molar-refractivity contribution in [3.63, 3.8) is 0 Å². The van der Waals surface area contributed by atoms with Crippen LogP contribution < -0.4 is 10.2 Å². The fraction of sp³-hybridized carbons (Fsp3) is 0.471. The Morgan fingerprint density at radius 1 is 1.37 bits per heavy atom. The van der Waals surface area contributed by atoms with E-state index in [9.17, 15) is 14.9 Å². The first-order valence-electron chi connectivity index (χ1n) is 8.69. The summed E-state index contributed by atoms with van der Waals surface area (Å²) in [6.45, 7) is 6.36. The summed E-state index contributed by atoms with van der Waals surface area (Å²) in [5.41, 5.74) is 0.608. The smallest absolute Gasteiger partial charge is 0.293 e. The lowest BCUT2D eigenvalue weighted by molar-refractivity contribution is -0.384. The largest absolute Gasteiger partial charge is 0.378 e. The van der Waals surface area contributed by atoms with E-state index in [0.29, 0.717) is 43.0 Å². The molecule has 0 bridgehead atoms. The molecule has 0 unspecified atom stereocenters. The van der Waals surface area contributed by atoms with Gasteiger partial charge in [-0.05, 0) is 18.1 Å². The van der Waals surface area contributed by atoms with E-state index in [1.54, 1.807) is 12.1 Å². The van der Waals surface area contributed by atoms with Crippen molar-refractivity contribution in [3.05, 3.63) is 38.9 Å². The van der Waals surface area contributed by atoms with Crippen LogP contribution in [0.1, 0.15) is 29.2 Å². The minimum absolute atomic E-state index is 0.0951. The molecule has 0 aliphatic carbocycles. The minimum Gasteiger partial charge on any atom is -0.378 e. The van der Waals surface area contributed by atoms with Gasteiger partial charge in [-0.1, -0.05) is 25.2 Å². The number of ether oxygens (including phenoxy) is 1. The molecule has 1 aliphatic rings. The molecule has 0 spiro atoms. The molecule has 1 aromatic heterocycles. The maximum absolute atomic E-state index is 12.5. The number of hydrogen-bond donors (Lipinski definition) is 1. The Balaban J connectivity index is 1.77. The Morgan fingerprint density at radius 3 is 2.78 bits per heavy atom. The highest BCUT2D eigenvalue weighted by Gasteiger charge is 2.23. The molecular formula is C17H21N5O4S. The number of morpholine rings is 1. The van der Waals surface area contributed by atoms with Crippen molar-refractivity contribution in [2.45, 2.75) is 20.3 Å². The lowest BCUT2D eigenvalue weighted by atomic mass is 10.1. The summed E-state index contributed by atoms with van der Waals surface area (Å²) in [7, 11) is 0. The number of nitrogens with one attached hydrogen (secondary N) is 1. The highest BCUT2D eigenvalue weighted by atomic mass is 32.1. The van der Waals surface area contributed by atoms with E-state index in [2.05, 4.69) is 29.4 Å². The van der Waals surface area contributed by atoms with Crippen LogP contribution in [0.25, 0.3) is 0 Å². The summed E-state index contributed by atoms with van der Waals surface area (Å²) in [5, 5.41) is 23.4. The van der Waals surface area contributed by atoms with Crippen molar-refractivity contribution < 1.29 is 14.5 Å². The molecule has 2 heterocycles. The van der Waals surface area contributed by atoms with E-state index in [1.165, 1.54) is 17.4 Å². The molecule has 10 heteroatoms. The molecule has 0 radical (unpaired) electrons. The summed E-state index contributed by atoms with van der Waals surface area (Å²) in [5.74, 6) is -0.00393. The van der Waals surface area contributed by atoms with Gasteiger partial charge in [0.1, 0.15) is 10.7 Å². The van der Waals surface area contributed by atoms with Gasteiger partial charge in [0.05, 0.1) is 18.1 Å². The van der Waals surface area contributed by atoms with Crippen molar-refractivity contribution in [3.8, 4) is 0 Å². The maximum Gasteiger partial charge on any atom is 0.293 e. The number of amides is 1. The number of hydrogen-bond acceptors (Lipinski definition) is 8. The third-order valence-corrected chi connectivity index (χ3v) is 4.92. The molecule has 1 amide bonds. The van der Waals surface area contributed by atoms with Crippen LogP contribution in [-0.2, 0) is 11.2 Å². The lowest BCUT2D eigenvalue weighted by Gasteiger charge is -2.28. The zero-order valence-corrected chi connectivity index (χ0v) is 16.0. The Labute approximate surface area is 160 Å². The standard InChI is InChI=1S/C17H21N5O4S/c1-11(2)9-15-19-20-17(27-15)18-16(23)12-3-4-13(14(10-12)22(24)25)21-5-7-26-8-6-21/h3-4,10-11H,5-9H2,1-2H3,(H,18,20,23). The summed E-state index contributed by atoms with van der Waals surface area (Å²) < 4.78 is 5.29. The Kier molecular flexibility index (Phi) is 5.97. The van der Waals surface area contributed by atoms with E-state index in [1.807, 2.05) is 4.90 Å². The van der Waals surface area contributed by atoms with Gasteiger partial charge in [0.15, 0.2) is 0 Å². The van der Waals surface area contributed by atoms with Gasteiger partial charge in [0, 0.05) is 31.1 Å². The number of anilines is 2. The number of carbonyl (C=O) groups is 1. The summed E-state index contributed by atoms with van der Waals surface area (Å²) in [4.78, 5) is 25.4. The second-order valence-electron chi connectivity index (χ2n) is 6.61. The Bertz CT molecular complexity index is 832. The number of nitro benzene ring substituents is 1. The highest BCUT2D eigenvalue weighted by molar-refractivity contribution is 7.15. The fourth-order valence-electron chi connectivity index (χ4n) is 2.79. The summed E-state index contributed by atoms with van der Waals surface area (Å²) >= 11 is 1.31. The predicted octanol–water partition coefficient (Wildman–Crippen LogP) is 2.73. The van der Waals surface area contributed by atoms with Gasteiger partial charge < -0.3 is 9.64 Å². The molecule has 27 heavy (non-hydrogen) atoms. The fourth-order valence-corrected chi connectivity index (χ4v) is 3.73. The number of aromatic nitrogens is 2. The summed E-state index contributed by atoms with van der Waals surface area (Å²) in [6, 6.07) is 4.50. The van der Waals surface area contributed by atoms with Crippen molar-refractivity contribution >= 4 is 33.8 Å². The van der Waals surface area contributed by atoms with Gasteiger partial charge in [-0.3, -0.25) is 20.2 Å². The molecule has 3 rings (SSSR count). The third-order valence-electron chi connectivity index (χ3n) is 4.06. The highest BCUT2D eigenvalue weighted by Crippen LogP contribution is 2.30. The van der Waals surface area contributed by atoms with Gasteiger partial charge in [0.25, 0.3) is 11.6 Å². The normalized spacial score (nSPS) is 14.4. The van der Waals surface area contributed by atoms with Gasteiger partial charge in [0.2, 0.25) is 5.13 Å². The third kappa shape index (κ3) is 4.77. The second kappa shape index (κ2) is 8.40. The van der Waals surface area contributed by atoms with E-state index >= 15 is 0 Å². The molecule has 1 aliphatic heterocycles. The van der Waals surface area contributed by atoms with E-state index in [-0.39, 0.29) is 11.3 Å². The molecular weight excluding hydrogens is 370 g/mol. The van der Waals surface area contributed by atoms with Gasteiger partial charge in [-0.15, -0.1) is 10.2 Å². The molecule has 1 N–H and O–H groups in total. The molecule has 1 saturated heterocycles. The van der Waals surface area contributed by atoms with Crippen molar-refractivity contribution in [2.75, 3.05) is 36.5 Å². The average molecular weight is 391 g/mol. The first kappa shape index (κ1) is 19.2. The van der Waals surface area contributed by atoms with Crippen molar-refractivity contribution in [2.24, 2.45) is 5.92 Å². The quantitative estimate of drug-likeness (QED) is 0.595. The van der Waals surface area contributed by atoms with Crippen LogP contribution in [0, 0.1) is 16.0 Å². The topological polar surface area (TPSA) is 110 Å². The number of benzene rings is 1. The van der Waals surface area contributed by atoms with E-state index in [4.69, 9.17) is 4.74 Å². The van der Waals surface area contributed by atoms with Gasteiger partial charge in [-0.25, -0.2) is 0 Å². The molecule has 9 nitrogen and oxygen atoms in total. The predicted molar refractivity (Wildman–Crippen MR) is 103 cm³/mol. The number of carbonyl (C=O) groups excluding carboxylic acids is 1. The lowest BCUT2D eigenvalue weighted by Crippen LogP contribution is -2.36. The van der Waals surface area contributed by atoms with Crippen LogP contribution in [0.3, 0.4) is 0 Å². The minimum atomic E-state index is -0.465. The van der Waals surface area contributed by atoms with E-state index in [0.717, 1.165) is 11.4 Å². The molecule has 1 fully saturated rings. The molecule has 1 aromatic carbocycles. The van der Waals surface area contributed by atoms with Crippen LogP contribution in [0.5, 0.6) is 0 Å². The zero-order chi connectivity index (χ0) is 19.4. The van der Waals surface area contributed by atoms with E-state index < -0.39 is 10.8 Å². The molecule has 144 valence electrons. The number of nitrogens with zero attached hydrogens (tertiary/aromatic N) is 4. The zero-order valence-electron chi connectivity index (χ0n) is 15.2. The number of rotatable bonds is 6. The van der Waals surface area contributed by atoms with Gasteiger partial charge in [-0.2, -0.15) is 0 Å². The SMILES string of the molecule is CC(C)Cc1nnc(NC(=O)c2ccc(N3CCOCC3)c([N+](=O)[O-])c2)s1.